The smallest absolute Gasteiger partial charge is 0.344 e. The van der Waals surface area contributed by atoms with E-state index in [1.165, 1.54) is 29.2 Å². The van der Waals surface area contributed by atoms with E-state index in [-0.39, 0.29) is 45.9 Å². The van der Waals surface area contributed by atoms with Crippen LogP contribution in [-0.2, 0) is 25.9 Å². The minimum absolute atomic E-state index is 0.00539. The van der Waals surface area contributed by atoms with Crippen molar-refractivity contribution < 1.29 is 27.5 Å². The molecule has 0 fully saturated rings. The fourth-order valence-corrected chi connectivity index (χ4v) is 3.83. The fourth-order valence-electron chi connectivity index (χ4n) is 2.66. The summed E-state index contributed by atoms with van der Waals surface area (Å²) < 4.78 is 36.4. The molecule has 0 saturated carbocycles. The topological polar surface area (TPSA) is 130 Å². The first-order valence-corrected chi connectivity index (χ1v) is 10.8. The lowest BCUT2D eigenvalue weighted by molar-refractivity contribution is -0.115. The van der Waals surface area contributed by atoms with Crippen LogP contribution in [0.5, 0.6) is 5.75 Å². The number of tetrazole rings is 1. The van der Waals surface area contributed by atoms with Crippen LogP contribution in [0, 0.1) is 0 Å². The fraction of sp³-hybridized carbons (Fsp3) is 0.353. The Morgan fingerprint density at radius 2 is 2.10 bits per heavy atom. The zero-order valence-electron chi connectivity index (χ0n) is 15.4. The molecule has 0 N–H and O–H groups in total. The second kappa shape index (κ2) is 8.70. The van der Waals surface area contributed by atoms with Crippen molar-refractivity contribution in [2.75, 3.05) is 12.9 Å². The first kappa shape index (κ1) is 20.9. The summed E-state index contributed by atoms with van der Waals surface area (Å²) in [7, 11) is -3.68. The Hall–Kier alpha value is -2.79. The molecule has 2 aromatic rings. The number of ketones is 1. The number of hydrogen-bond acceptors (Lipinski definition) is 9. The summed E-state index contributed by atoms with van der Waals surface area (Å²) in [5.74, 6) is -0.841. The quantitative estimate of drug-likeness (QED) is 0.589. The largest absolute Gasteiger partial charge is 0.489 e. The number of allylic oxidation sites excluding steroid dienone is 2. The second-order valence-corrected chi connectivity index (χ2v) is 8.63. The highest BCUT2D eigenvalue weighted by Crippen LogP contribution is 2.36. The average Bonchev–Trinajstić information content (AvgIpc) is 3.15. The van der Waals surface area contributed by atoms with Gasteiger partial charge >= 0.3 is 5.97 Å². The number of rotatable bonds is 7. The van der Waals surface area contributed by atoms with Crippen molar-refractivity contribution in [3.05, 3.63) is 40.9 Å². The number of aromatic nitrogens is 4. The normalized spacial score (nSPS) is 14.4. The number of sulfone groups is 1. The van der Waals surface area contributed by atoms with Crippen LogP contribution >= 0.6 is 11.6 Å². The van der Waals surface area contributed by atoms with Gasteiger partial charge in [-0.25, -0.2) is 17.9 Å². The molecule has 0 unspecified atom stereocenters. The molecule has 1 aliphatic rings. The maximum absolute atomic E-state index is 12.5. The van der Waals surface area contributed by atoms with E-state index in [9.17, 15) is 18.0 Å². The minimum Gasteiger partial charge on any atom is -0.489 e. The van der Waals surface area contributed by atoms with Gasteiger partial charge in [-0.05, 0) is 29.0 Å². The molecule has 0 radical (unpaired) electrons. The van der Waals surface area contributed by atoms with Gasteiger partial charge in [-0.15, -0.1) is 5.10 Å². The Labute approximate surface area is 171 Å². The van der Waals surface area contributed by atoms with Crippen molar-refractivity contribution in [3.63, 3.8) is 0 Å². The average molecular weight is 441 g/mol. The Bertz CT molecular complexity index is 1070. The molecule has 1 aromatic carbocycles. The monoisotopic (exact) mass is 440 g/mol. The number of nitrogens with zero attached hydrogens (tertiary/aromatic N) is 4. The molecule has 1 aromatic heterocycles. The van der Waals surface area contributed by atoms with Gasteiger partial charge in [0.15, 0.2) is 21.4 Å². The maximum atomic E-state index is 12.5. The van der Waals surface area contributed by atoms with E-state index in [4.69, 9.17) is 21.1 Å². The first-order chi connectivity index (χ1) is 13.8. The third-order valence-electron chi connectivity index (χ3n) is 4.03. The zero-order chi connectivity index (χ0) is 21.0. The van der Waals surface area contributed by atoms with Crippen LogP contribution < -0.4 is 4.74 Å². The third-order valence-corrected chi connectivity index (χ3v) is 5.53. The summed E-state index contributed by atoms with van der Waals surface area (Å²) in [6, 6.07) is 2.48. The van der Waals surface area contributed by atoms with Crippen LogP contribution in [0.2, 0.25) is 5.02 Å². The molecular formula is C17H17ClN4O6S. The van der Waals surface area contributed by atoms with Gasteiger partial charge in [-0.1, -0.05) is 11.6 Å². The molecule has 0 spiro atoms. The third kappa shape index (κ3) is 5.18. The molecule has 0 amide bonds. The number of carbonyl (C=O) groups excluding carboxylic acids is 2. The lowest BCUT2D eigenvalue weighted by atomic mass is 10.1. The van der Waals surface area contributed by atoms with E-state index in [0.717, 1.165) is 6.26 Å². The van der Waals surface area contributed by atoms with E-state index in [1.807, 2.05) is 0 Å². The molecule has 0 aliphatic heterocycles. The minimum atomic E-state index is -3.68. The Morgan fingerprint density at radius 1 is 1.31 bits per heavy atom. The number of ether oxygens (including phenoxy) is 2. The molecule has 154 valence electrons. The molecule has 1 heterocycles. The summed E-state index contributed by atoms with van der Waals surface area (Å²) in [5.41, 5.74) is -0.0737. The number of carbonyl (C=O) groups is 2. The summed E-state index contributed by atoms with van der Waals surface area (Å²) in [5, 5.41) is 10.4. The zero-order valence-corrected chi connectivity index (χ0v) is 16.9. The maximum Gasteiger partial charge on any atom is 0.344 e. The van der Waals surface area contributed by atoms with Crippen LogP contribution in [0.15, 0.2) is 35.2 Å². The van der Waals surface area contributed by atoms with Crippen molar-refractivity contribution in [1.82, 2.24) is 20.2 Å². The predicted molar refractivity (Wildman–Crippen MR) is 100 cm³/mol. The molecular weight excluding hydrogens is 424 g/mol. The lowest BCUT2D eigenvalue weighted by Crippen LogP contribution is -2.14. The predicted octanol–water partition coefficient (Wildman–Crippen LogP) is 1.60. The van der Waals surface area contributed by atoms with E-state index in [1.54, 1.807) is 0 Å². The van der Waals surface area contributed by atoms with Gasteiger partial charge in [0.05, 0.1) is 17.1 Å². The highest BCUT2D eigenvalue weighted by atomic mass is 35.5. The van der Waals surface area contributed by atoms with Crippen LogP contribution in [-0.4, -0.2) is 53.2 Å². The van der Waals surface area contributed by atoms with E-state index in [0.29, 0.717) is 19.3 Å². The number of hydrogen-bond donors (Lipinski definition) is 0. The summed E-state index contributed by atoms with van der Waals surface area (Å²) in [4.78, 5) is 23.8. The highest BCUT2D eigenvalue weighted by Gasteiger charge is 2.25. The molecule has 0 saturated heterocycles. The van der Waals surface area contributed by atoms with Crippen molar-refractivity contribution in [3.8, 4) is 5.75 Å². The molecule has 12 heteroatoms. The van der Waals surface area contributed by atoms with Gasteiger partial charge < -0.3 is 9.47 Å². The number of benzene rings is 1. The van der Waals surface area contributed by atoms with Crippen LogP contribution in [0.4, 0.5) is 0 Å². The molecule has 10 nitrogen and oxygen atoms in total. The van der Waals surface area contributed by atoms with Crippen LogP contribution in [0.3, 0.4) is 0 Å². The molecule has 29 heavy (non-hydrogen) atoms. The molecule has 1 aliphatic carbocycles. The van der Waals surface area contributed by atoms with Crippen molar-refractivity contribution in [1.29, 1.82) is 0 Å². The van der Waals surface area contributed by atoms with Gasteiger partial charge in [0.2, 0.25) is 0 Å². The lowest BCUT2D eigenvalue weighted by Gasteiger charge is -2.16. The standard InChI is InChI=1S/C17H17ClN4O6S/c1-29(25,26)14-6-5-13(17(24)28-12-4-2-3-11(23)9-12)15(18)16(14)27-8-7-22-10-19-20-21-22/h5-6,9-10H,2-4,7-8H2,1H3. The van der Waals surface area contributed by atoms with Crippen molar-refractivity contribution in [2.24, 2.45) is 0 Å². The molecule has 0 bridgehead atoms. The Balaban J connectivity index is 1.86. The SMILES string of the molecule is CS(=O)(=O)c1ccc(C(=O)OC2=CC(=O)CCC2)c(Cl)c1OCCn1cnnn1. The van der Waals surface area contributed by atoms with Crippen LogP contribution in [0.25, 0.3) is 0 Å². The Kier molecular flexibility index (Phi) is 6.28. The molecule has 3 rings (SSSR count). The summed E-state index contributed by atoms with van der Waals surface area (Å²) >= 11 is 6.30. The van der Waals surface area contributed by atoms with E-state index in [2.05, 4.69) is 15.5 Å². The van der Waals surface area contributed by atoms with Gasteiger partial charge in [-0.2, -0.15) is 0 Å². The summed E-state index contributed by atoms with van der Waals surface area (Å²) in [6.07, 6.45) is 5.10. The van der Waals surface area contributed by atoms with Crippen molar-refractivity contribution >= 4 is 33.2 Å². The van der Waals surface area contributed by atoms with Gasteiger partial charge in [-0.3, -0.25) is 4.79 Å². The van der Waals surface area contributed by atoms with Gasteiger partial charge in [0.1, 0.15) is 23.6 Å². The number of halogens is 1. The summed E-state index contributed by atoms with van der Waals surface area (Å²) in [6.45, 7) is 0.238. The van der Waals surface area contributed by atoms with E-state index < -0.39 is 15.8 Å². The molecule has 0 atom stereocenters. The first-order valence-electron chi connectivity index (χ1n) is 8.57. The van der Waals surface area contributed by atoms with Gasteiger partial charge in [0, 0.05) is 25.2 Å². The van der Waals surface area contributed by atoms with Crippen LogP contribution in [0.1, 0.15) is 29.6 Å². The Morgan fingerprint density at radius 3 is 2.76 bits per heavy atom. The number of esters is 1. The highest BCUT2D eigenvalue weighted by molar-refractivity contribution is 7.90. The second-order valence-electron chi connectivity index (χ2n) is 6.27. The van der Waals surface area contributed by atoms with E-state index >= 15 is 0 Å². The van der Waals surface area contributed by atoms with Crippen molar-refractivity contribution in [2.45, 2.75) is 30.7 Å². The van der Waals surface area contributed by atoms with Gasteiger partial charge in [0.25, 0.3) is 0 Å².